The molecule has 0 aliphatic carbocycles. The maximum absolute atomic E-state index is 12.2. The number of carbonyl (C=O) groups excluding carboxylic acids is 1. The predicted octanol–water partition coefficient (Wildman–Crippen LogP) is 2.59. The Morgan fingerprint density at radius 2 is 1.83 bits per heavy atom. The molecular weight excluding hydrogens is 248 g/mol. The van der Waals surface area contributed by atoms with Crippen molar-refractivity contribution in [2.24, 2.45) is 5.92 Å². The SMILES string of the molecule is CCCN(CC)C(=O)CC1CC2CCC(C1)N2.Cl. The number of piperidine rings is 1. The topological polar surface area (TPSA) is 32.3 Å². The number of rotatable bonds is 5. The molecule has 1 N–H and O–H groups in total. The van der Waals surface area contributed by atoms with Crippen LogP contribution in [-0.2, 0) is 4.79 Å². The van der Waals surface area contributed by atoms with Gasteiger partial charge in [-0.05, 0) is 44.9 Å². The second kappa shape index (κ2) is 7.34. The van der Waals surface area contributed by atoms with Crippen LogP contribution < -0.4 is 5.32 Å². The van der Waals surface area contributed by atoms with Gasteiger partial charge in [-0.2, -0.15) is 0 Å². The fraction of sp³-hybridized carbons (Fsp3) is 0.929. The maximum Gasteiger partial charge on any atom is 0.222 e. The molecular formula is C14H27ClN2O. The number of amides is 1. The van der Waals surface area contributed by atoms with Crippen LogP contribution in [-0.4, -0.2) is 36.0 Å². The van der Waals surface area contributed by atoms with Crippen molar-refractivity contribution in [3.8, 4) is 0 Å². The van der Waals surface area contributed by atoms with Crippen molar-refractivity contribution in [1.82, 2.24) is 10.2 Å². The molecule has 2 aliphatic rings. The van der Waals surface area contributed by atoms with Crippen LogP contribution in [0.1, 0.15) is 52.4 Å². The molecule has 0 spiro atoms. The summed E-state index contributed by atoms with van der Waals surface area (Å²) in [5.41, 5.74) is 0. The molecule has 0 radical (unpaired) electrons. The Bertz CT molecular complexity index is 261. The van der Waals surface area contributed by atoms with Crippen LogP contribution in [0.25, 0.3) is 0 Å². The van der Waals surface area contributed by atoms with Crippen molar-refractivity contribution >= 4 is 18.3 Å². The summed E-state index contributed by atoms with van der Waals surface area (Å²) in [6.07, 6.45) is 6.92. The number of halogens is 1. The lowest BCUT2D eigenvalue weighted by Crippen LogP contribution is -2.40. The zero-order valence-electron chi connectivity index (χ0n) is 11.7. The van der Waals surface area contributed by atoms with Crippen molar-refractivity contribution in [1.29, 1.82) is 0 Å². The van der Waals surface area contributed by atoms with Crippen molar-refractivity contribution < 1.29 is 4.79 Å². The number of carbonyl (C=O) groups is 1. The molecule has 4 heteroatoms. The van der Waals surface area contributed by atoms with Crippen LogP contribution in [0, 0.1) is 5.92 Å². The van der Waals surface area contributed by atoms with Gasteiger partial charge in [-0.15, -0.1) is 12.4 Å². The summed E-state index contributed by atoms with van der Waals surface area (Å²) in [5, 5.41) is 3.64. The van der Waals surface area contributed by atoms with Gasteiger partial charge in [-0.3, -0.25) is 4.79 Å². The molecule has 2 atom stereocenters. The maximum atomic E-state index is 12.2. The van der Waals surface area contributed by atoms with Crippen LogP contribution in [0.3, 0.4) is 0 Å². The van der Waals surface area contributed by atoms with E-state index in [1.165, 1.54) is 25.7 Å². The zero-order valence-corrected chi connectivity index (χ0v) is 12.5. The van der Waals surface area contributed by atoms with E-state index in [1.807, 2.05) is 4.90 Å². The van der Waals surface area contributed by atoms with Crippen molar-refractivity contribution in [3.63, 3.8) is 0 Å². The third-order valence-corrected chi connectivity index (χ3v) is 4.26. The molecule has 0 saturated carbocycles. The first kappa shape index (κ1) is 15.8. The van der Waals surface area contributed by atoms with Gasteiger partial charge in [-0.1, -0.05) is 6.92 Å². The third-order valence-electron chi connectivity index (χ3n) is 4.26. The van der Waals surface area contributed by atoms with Crippen LogP contribution in [0.15, 0.2) is 0 Å². The van der Waals surface area contributed by atoms with Gasteiger partial charge in [0.15, 0.2) is 0 Å². The minimum absolute atomic E-state index is 0. The first-order valence-electron chi connectivity index (χ1n) is 7.26. The molecule has 2 fully saturated rings. The van der Waals surface area contributed by atoms with Gasteiger partial charge < -0.3 is 10.2 Å². The molecule has 0 aromatic carbocycles. The lowest BCUT2D eigenvalue weighted by Gasteiger charge is -2.30. The monoisotopic (exact) mass is 274 g/mol. The first-order valence-corrected chi connectivity index (χ1v) is 7.26. The summed E-state index contributed by atoms with van der Waals surface area (Å²) < 4.78 is 0. The predicted molar refractivity (Wildman–Crippen MR) is 77.1 cm³/mol. The van der Waals surface area contributed by atoms with Gasteiger partial charge >= 0.3 is 0 Å². The van der Waals surface area contributed by atoms with E-state index in [1.54, 1.807) is 0 Å². The Labute approximate surface area is 117 Å². The Morgan fingerprint density at radius 3 is 2.33 bits per heavy atom. The highest BCUT2D eigenvalue weighted by Gasteiger charge is 2.34. The fourth-order valence-corrected chi connectivity index (χ4v) is 3.45. The van der Waals surface area contributed by atoms with Crippen LogP contribution in [0.4, 0.5) is 0 Å². The number of hydrogen-bond donors (Lipinski definition) is 1. The molecule has 106 valence electrons. The van der Waals surface area contributed by atoms with Gasteiger partial charge in [0.25, 0.3) is 0 Å². The van der Waals surface area contributed by atoms with Crippen LogP contribution >= 0.6 is 12.4 Å². The summed E-state index contributed by atoms with van der Waals surface area (Å²) in [7, 11) is 0. The van der Waals surface area contributed by atoms with E-state index >= 15 is 0 Å². The summed E-state index contributed by atoms with van der Waals surface area (Å²) in [6, 6.07) is 1.40. The second-order valence-electron chi connectivity index (χ2n) is 5.65. The molecule has 2 unspecified atom stereocenters. The number of nitrogens with one attached hydrogen (secondary N) is 1. The largest absolute Gasteiger partial charge is 0.343 e. The van der Waals surface area contributed by atoms with Gasteiger partial charge in [0.2, 0.25) is 5.91 Å². The summed E-state index contributed by atoms with van der Waals surface area (Å²) in [4.78, 5) is 14.2. The summed E-state index contributed by atoms with van der Waals surface area (Å²) >= 11 is 0. The van der Waals surface area contributed by atoms with E-state index in [9.17, 15) is 4.79 Å². The van der Waals surface area contributed by atoms with E-state index in [0.717, 1.165) is 25.9 Å². The molecule has 2 aliphatic heterocycles. The third kappa shape index (κ3) is 3.86. The van der Waals surface area contributed by atoms with Gasteiger partial charge in [0.05, 0.1) is 0 Å². The number of hydrogen-bond acceptors (Lipinski definition) is 2. The van der Waals surface area contributed by atoms with Crippen LogP contribution in [0.5, 0.6) is 0 Å². The quantitative estimate of drug-likeness (QED) is 0.836. The lowest BCUT2D eigenvalue weighted by molar-refractivity contribution is -0.132. The van der Waals surface area contributed by atoms with E-state index in [4.69, 9.17) is 0 Å². The molecule has 2 heterocycles. The van der Waals surface area contributed by atoms with Crippen molar-refractivity contribution in [2.75, 3.05) is 13.1 Å². The Kier molecular flexibility index (Phi) is 6.44. The second-order valence-corrected chi connectivity index (χ2v) is 5.65. The fourth-order valence-electron chi connectivity index (χ4n) is 3.45. The highest BCUT2D eigenvalue weighted by atomic mass is 35.5. The molecule has 2 bridgehead atoms. The highest BCUT2D eigenvalue weighted by molar-refractivity contribution is 5.85. The lowest BCUT2D eigenvalue weighted by atomic mass is 9.89. The van der Waals surface area contributed by atoms with Gasteiger partial charge in [-0.25, -0.2) is 0 Å². The molecule has 2 saturated heterocycles. The van der Waals surface area contributed by atoms with Crippen LogP contribution in [0.2, 0.25) is 0 Å². The van der Waals surface area contributed by atoms with E-state index in [0.29, 0.717) is 23.9 Å². The van der Waals surface area contributed by atoms with Crippen molar-refractivity contribution in [3.05, 3.63) is 0 Å². The van der Waals surface area contributed by atoms with E-state index in [2.05, 4.69) is 19.2 Å². The van der Waals surface area contributed by atoms with Gasteiger partial charge in [0, 0.05) is 31.6 Å². The minimum atomic E-state index is 0. The average Bonchev–Trinajstić information content (AvgIpc) is 2.65. The highest BCUT2D eigenvalue weighted by Crippen LogP contribution is 2.32. The first-order chi connectivity index (χ1) is 8.22. The normalized spacial score (nSPS) is 29.8. The smallest absolute Gasteiger partial charge is 0.222 e. The Hall–Kier alpha value is -0.280. The number of fused-ring (bicyclic) bond motifs is 2. The van der Waals surface area contributed by atoms with Gasteiger partial charge in [0.1, 0.15) is 0 Å². The molecule has 2 rings (SSSR count). The molecule has 0 aromatic rings. The zero-order chi connectivity index (χ0) is 12.3. The van der Waals surface area contributed by atoms with E-state index in [-0.39, 0.29) is 12.4 Å². The molecule has 1 amide bonds. The summed E-state index contributed by atoms with van der Waals surface area (Å²) in [6.45, 7) is 6.01. The van der Waals surface area contributed by atoms with Crippen molar-refractivity contribution in [2.45, 2.75) is 64.5 Å². The number of nitrogens with zero attached hydrogens (tertiary/aromatic N) is 1. The molecule has 0 aromatic heterocycles. The standard InChI is InChI=1S/C14H26N2O.ClH/c1-3-7-16(4-2)14(17)10-11-8-12-5-6-13(9-11)15-12;/h11-13,15H,3-10H2,1-2H3;1H. The molecule has 18 heavy (non-hydrogen) atoms. The van der Waals surface area contributed by atoms with E-state index < -0.39 is 0 Å². The Balaban J connectivity index is 0.00000162. The summed E-state index contributed by atoms with van der Waals surface area (Å²) in [5.74, 6) is 1.01. The Morgan fingerprint density at radius 1 is 1.22 bits per heavy atom. The minimum Gasteiger partial charge on any atom is -0.343 e. The average molecular weight is 275 g/mol. The molecule has 3 nitrogen and oxygen atoms in total.